The van der Waals surface area contributed by atoms with Gasteiger partial charge in [-0.3, -0.25) is 0 Å². The van der Waals surface area contributed by atoms with Crippen LogP contribution in [0, 0.1) is 32.8 Å². The number of nitrogens with zero attached hydrogens (tertiary/aromatic N) is 4. The van der Waals surface area contributed by atoms with Crippen molar-refractivity contribution >= 4 is 38.2 Å². The molecule has 5 heteroatoms. The molecule has 0 aliphatic heterocycles. The van der Waals surface area contributed by atoms with E-state index in [1.165, 1.54) is 6.20 Å². The minimum atomic E-state index is -2.09. The quantitative estimate of drug-likeness (QED) is 0.134. The zero-order chi connectivity index (χ0) is 30.5. The topological polar surface area (TPSA) is 43.1 Å². The SMILES string of the molecule is [2H]C(C)(C)c1ccc2c(cnc3c4[c-]cccc4c4nc(C)c(C)n4c23)c1.[2H]C([2H])([2H])c1ccc(-c2[c-]cccc2)nc1.[Ir]. The number of hydrogen-bond acceptors (Lipinski definition) is 3. The van der Waals surface area contributed by atoms with Crippen molar-refractivity contribution in [2.45, 2.75) is 40.4 Å². The van der Waals surface area contributed by atoms with E-state index in [9.17, 15) is 0 Å². The summed E-state index contributed by atoms with van der Waals surface area (Å²) in [4.78, 5) is 13.8. The van der Waals surface area contributed by atoms with Crippen LogP contribution in [0.3, 0.4) is 0 Å². The van der Waals surface area contributed by atoms with Crippen LogP contribution in [0.4, 0.5) is 0 Å². The van der Waals surface area contributed by atoms with Crippen LogP contribution in [0.5, 0.6) is 0 Å². The maximum atomic E-state index is 8.35. The fourth-order valence-electron chi connectivity index (χ4n) is 4.92. The first-order valence-electron chi connectivity index (χ1n) is 14.9. The summed E-state index contributed by atoms with van der Waals surface area (Å²) in [7, 11) is 0. The molecule has 1 radical (unpaired) electrons. The molecular formula is C35H30IrN4-2. The molecule has 40 heavy (non-hydrogen) atoms. The van der Waals surface area contributed by atoms with Gasteiger partial charge >= 0.3 is 0 Å². The van der Waals surface area contributed by atoms with Crippen molar-refractivity contribution in [1.29, 1.82) is 0 Å². The summed E-state index contributed by atoms with van der Waals surface area (Å²) < 4.78 is 32.3. The molecular weight excluding hydrogens is 669 g/mol. The second-order valence-corrected chi connectivity index (χ2v) is 9.87. The van der Waals surface area contributed by atoms with E-state index in [0.29, 0.717) is 0 Å². The van der Waals surface area contributed by atoms with E-state index >= 15 is 0 Å². The average Bonchev–Trinajstić information content (AvgIpc) is 3.30. The Morgan fingerprint density at radius 3 is 2.48 bits per heavy atom. The van der Waals surface area contributed by atoms with Crippen molar-refractivity contribution in [1.82, 2.24) is 19.4 Å². The predicted molar refractivity (Wildman–Crippen MR) is 161 cm³/mol. The third-order valence-corrected chi connectivity index (χ3v) is 7.09. The maximum Gasteiger partial charge on any atom is 0.101 e. The van der Waals surface area contributed by atoms with E-state index < -0.39 is 12.7 Å². The number of fused-ring (bicyclic) bond motifs is 8. The number of aromatic nitrogens is 4. The Hall–Kier alpha value is -3.92. The zero-order valence-corrected chi connectivity index (χ0v) is 25.1. The van der Waals surface area contributed by atoms with Gasteiger partial charge in [0.2, 0.25) is 0 Å². The van der Waals surface area contributed by atoms with Crippen molar-refractivity contribution < 1.29 is 25.6 Å². The average molecular weight is 703 g/mol. The summed E-state index contributed by atoms with van der Waals surface area (Å²) in [6.45, 7) is 5.88. The molecule has 4 nitrogen and oxygen atoms in total. The van der Waals surface area contributed by atoms with Crippen molar-refractivity contribution in [2.75, 3.05) is 0 Å². The van der Waals surface area contributed by atoms with Gasteiger partial charge in [-0.15, -0.1) is 65.5 Å². The molecule has 0 spiro atoms. The van der Waals surface area contributed by atoms with Gasteiger partial charge in [0.1, 0.15) is 5.65 Å². The van der Waals surface area contributed by atoms with E-state index in [2.05, 4.69) is 52.7 Å². The van der Waals surface area contributed by atoms with Crippen LogP contribution >= 0.6 is 0 Å². The molecule has 3 aromatic carbocycles. The van der Waals surface area contributed by atoms with Gasteiger partial charge < -0.3 is 14.4 Å². The van der Waals surface area contributed by atoms with E-state index in [1.807, 2.05) is 57.3 Å². The number of pyridine rings is 3. The van der Waals surface area contributed by atoms with Crippen LogP contribution in [0.1, 0.15) is 47.7 Å². The van der Waals surface area contributed by atoms with Crippen LogP contribution < -0.4 is 0 Å². The summed E-state index contributed by atoms with van der Waals surface area (Å²) in [6, 6.07) is 29.4. The van der Waals surface area contributed by atoms with Gasteiger partial charge in [-0.2, -0.15) is 0 Å². The monoisotopic (exact) mass is 703 g/mol. The molecule has 4 heterocycles. The molecule has 4 aromatic heterocycles. The van der Waals surface area contributed by atoms with Crippen molar-refractivity contribution in [3.05, 3.63) is 120 Å². The van der Waals surface area contributed by atoms with Crippen LogP contribution in [0.25, 0.3) is 49.5 Å². The molecule has 0 saturated heterocycles. The second kappa shape index (κ2) is 11.3. The van der Waals surface area contributed by atoms with Gasteiger partial charge in [0.25, 0.3) is 0 Å². The standard InChI is InChI=1S/C23H20N3.C12H10N.Ir/c1-13(2)16-9-10-18-17(11-16)12-24-21-19-7-5-6-8-20(19)23-25-14(3)15(4)26(23)22(18)21;1-10-7-8-12(13-9-10)11-5-3-2-4-6-11;/h5-6,8-13H,1-4H3;2-5,7-9H,1H3;/q2*-1;/i13D;1D3;. The Balaban J connectivity index is 0.000000194. The molecule has 7 rings (SSSR count). The first-order chi connectivity index (χ1) is 20.4. The van der Waals surface area contributed by atoms with E-state index in [0.717, 1.165) is 66.4 Å². The number of imidazole rings is 1. The Labute approximate surface area is 254 Å². The normalized spacial score (nSPS) is 13.2. The summed E-state index contributed by atoms with van der Waals surface area (Å²) in [5.74, 6) is -0.642. The maximum absolute atomic E-state index is 8.35. The molecule has 0 aliphatic carbocycles. The Morgan fingerprint density at radius 2 is 1.75 bits per heavy atom. The third-order valence-electron chi connectivity index (χ3n) is 7.09. The number of benzene rings is 3. The third kappa shape index (κ3) is 4.92. The largest absolute Gasteiger partial charge is 0.311 e. The van der Waals surface area contributed by atoms with Gasteiger partial charge in [0.05, 0.1) is 5.69 Å². The Kier molecular flexibility index (Phi) is 6.45. The molecule has 201 valence electrons. The van der Waals surface area contributed by atoms with Crippen LogP contribution in [0.2, 0.25) is 0 Å². The van der Waals surface area contributed by atoms with Crippen LogP contribution in [-0.4, -0.2) is 19.4 Å². The first kappa shape index (κ1) is 22.9. The number of hydrogen-bond donors (Lipinski definition) is 0. The molecule has 0 fully saturated rings. The van der Waals surface area contributed by atoms with Gasteiger partial charge in [-0.05, 0) is 54.9 Å². The van der Waals surface area contributed by atoms with Crippen LogP contribution in [-0.2, 0) is 20.1 Å². The van der Waals surface area contributed by atoms with Crippen molar-refractivity contribution in [2.24, 2.45) is 0 Å². The molecule has 0 amide bonds. The predicted octanol–water partition coefficient (Wildman–Crippen LogP) is 8.58. The molecule has 0 aliphatic rings. The van der Waals surface area contributed by atoms with E-state index in [1.54, 1.807) is 18.2 Å². The van der Waals surface area contributed by atoms with Gasteiger partial charge in [-0.1, -0.05) is 43.5 Å². The minimum Gasteiger partial charge on any atom is -0.311 e. The van der Waals surface area contributed by atoms with E-state index in [4.69, 9.17) is 15.5 Å². The Morgan fingerprint density at radius 1 is 0.900 bits per heavy atom. The molecule has 0 atom stereocenters. The minimum absolute atomic E-state index is 0. The van der Waals surface area contributed by atoms with Gasteiger partial charge in [0, 0.05) is 60.1 Å². The second-order valence-electron chi connectivity index (χ2n) is 9.87. The first-order valence-corrected chi connectivity index (χ1v) is 12.9. The summed E-state index contributed by atoms with van der Waals surface area (Å²) in [5.41, 5.74) is 7.92. The van der Waals surface area contributed by atoms with Gasteiger partial charge in [-0.25, -0.2) is 4.98 Å². The van der Waals surface area contributed by atoms with Gasteiger partial charge in [0.15, 0.2) is 0 Å². The summed E-state index contributed by atoms with van der Waals surface area (Å²) >= 11 is 0. The molecule has 0 N–H and O–H groups in total. The fraction of sp³-hybridized carbons (Fsp3) is 0.171. The molecule has 0 bridgehead atoms. The Bertz CT molecular complexity index is 2110. The van der Waals surface area contributed by atoms with Crippen LogP contribution in [0.15, 0.2) is 85.2 Å². The fourth-order valence-corrected chi connectivity index (χ4v) is 4.92. The van der Waals surface area contributed by atoms with Crippen molar-refractivity contribution in [3.63, 3.8) is 0 Å². The van der Waals surface area contributed by atoms with Crippen molar-refractivity contribution in [3.8, 4) is 11.3 Å². The zero-order valence-electron chi connectivity index (χ0n) is 26.7. The smallest absolute Gasteiger partial charge is 0.101 e. The molecule has 0 unspecified atom stereocenters. The van der Waals surface area contributed by atoms with E-state index in [-0.39, 0.29) is 25.7 Å². The molecule has 0 saturated carbocycles. The number of aryl methyl sites for hydroxylation is 3. The summed E-state index contributed by atoms with van der Waals surface area (Å²) in [5, 5.41) is 4.23. The number of rotatable bonds is 2. The summed E-state index contributed by atoms with van der Waals surface area (Å²) in [6.07, 6.45) is 3.31. The molecule has 7 aromatic rings.